The fourth-order valence-electron chi connectivity index (χ4n) is 1.42. The Hall–Kier alpha value is -1.53. The van der Waals surface area contributed by atoms with Gasteiger partial charge in [-0.1, -0.05) is 27.2 Å². The van der Waals surface area contributed by atoms with Gasteiger partial charge in [0.05, 0.1) is 5.56 Å². The lowest BCUT2D eigenvalue weighted by Gasteiger charge is -2.10. The van der Waals surface area contributed by atoms with Crippen LogP contribution in [0.3, 0.4) is 0 Å². The van der Waals surface area contributed by atoms with Gasteiger partial charge < -0.3 is 15.7 Å². The smallest absolute Gasteiger partial charge is 0.173 e. The number of oxime groups is 1. The lowest BCUT2D eigenvalue weighted by atomic mass is 10.2. The standard InChI is InChI=1S/C12H11BrN2O2S/c13-8-3-4-10(12(14)15-16)11(6-8)17-7-9-2-1-5-18-9/h1-6,16H,7H2,(H2,14,15). The molecule has 94 valence electrons. The molecular formula is C12H11BrN2O2S. The Morgan fingerprint density at radius 3 is 2.94 bits per heavy atom. The highest BCUT2D eigenvalue weighted by atomic mass is 79.9. The molecule has 1 aromatic heterocycles. The van der Waals surface area contributed by atoms with Gasteiger partial charge in [0.15, 0.2) is 5.84 Å². The van der Waals surface area contributed by atoms with Crippen LogP contribution in [0.1, 0.15) is 10.4 Å². The van der Waals surface area contributed by atoms with Gasteiger partial charge in [-0.25, -0.2) is 0 Å². The second-order valence-electron chi connectivity index (χ2n) is 3.49. The van der Waals surface area contributed by atoms with Gasteiger partial charge in [0, 0.05) is 9.35 Å². The number of amidine groups is 1. The number of rotatable bonds is 4. The molecular weight excluding hydrogens is 316 g/mol. The molecule has 2 rings (SSSR count). The van der Waals surface area contributed by atoms with E-state index in [1.165, 1.54) is 0 Å². The summed E-state index contributed by atoms with van der Waals surface area (Å²) in [5.74, 6) is 0.608. The van der Waals surface area contributed by atoms with Crippen molar-refractivity contribution in [1.82, 2.24) is 0 Å². The summed E-state index contributed by atoms with van der Waals surface area (Å²) in [6, 6.07) is 9.30. The van der Waals surface area contributed by atoms with Crippen molar-refractivity contribution in [2.24, 2.45) is 10.9 Å². The summed E-state index contributed by atoms with van der Waals surface area (Å²) in [4.78, 5) is 1.11. The molecule has 0 unspecified atom stereocenters. The minimum Gasteiger partial charge on any atom is -0.487 e. The lowest BCUT2D eigenvalue weighted by Crippen LogP contribution is -2.14. The van der Waals surface area contributed by atoms with Gasteiger partial charge in [-0.15, -0.1) is 11.3 Å². The average Bonchev–Trinajstić information content (AvgIpc) is 2.88. The number of benzene rings is 1. The van der Waals surface area contributed by atoms with Crippen molar-refractivity contribution in [3.05, 3.63) is 50.6 Å². The molecule has 18 heavy (non-hydrogen) atoms. The first-order valence-corrected chi connectivity index (χ1v) is 6.80. The van der Waals surface area contributed by atoms with E-state index >= 15 is 0 Å². The maximum atomic E-state index is 8.73. The largest absolute Gasteiger partial charge is 0.487 e. The Morgan fingerprint density at radius 1 is 1.44 bits per heavy atom. The number of halogens is 1. The SMILES string of the molecule is N/C(=N/O)c1ccc(Br)cc1OCc1cccs1. The molecule has 0 aliphatic carbocycles. The molecule has 2 aromatic rings. The van der Waals surface area contributed by atoms with Crippen LogP contribution < -0.4 is 10.5 Å². The molecule has 0 amide bonds. The van der Waals surface area contributed by atoms with Gasteiger partial charge in [0.2, 0.25) is 0 Å². The summed E-state index contributed by atoms with van der Waals surface area (Å²) in [6.45, 7) is 0.458. The van der Waals surface area contributed by atoms with Crippen molar-refractivity contribution in [2.45, 2.75) is 6.61 Å². The number of nitrogens with two attached hydrogens (primary N) is 1. The van der Waals surface area contributed by atoms with Gasteiger partial charge >= 0.3 is 0 Å². The van der Waals surface area contributed by atoms with E-state index in [2.05, 4.69) is 21.1 Å². The zero-order chi connectivity index (χ0) is 13.0. The highest BCUT2D eigenvalue weighted by Crippen LogP contribution is 2.25. The summed E-state index contributed by atoms with van der Waals surface area (Å²) < 4.78 is 6.57. The zero-order valence-electron chi connectivity index (χ0n) is 9.34. The molecule has 0 aliphatic heterocycles. The molecule has 0 radical (unpaired) electrons. The van der Waals surface area contributed by atoms with Crippen LogP contribution in [0.5, 0.6) is 5.75 Å². The Labute approximate surface area is 117 Å². The number of nitrogens with zero attached hydrogens (tertiary/aromatic N) is 1. The van der Waals surface area contributed by atoms with Gasteiger partial charge in [0.25, 0.3) is 0 Å². The molecule has 1 heterocycles. The summed E-state index contributed by atoms with van der Waals surface area (Å²) in [5, 5.41) is 13.7. The van der Waals surface area contributed by atoms with Crippen LogP contribution in [0.25, 0.3) is 0 Å². The first-order chi connectivity index (χ1) is 8.70. The van der Waals surface area contributed by atoms with Crippen LogP contribution >= 0.6 is 27.3 Å². The van der Waals surface area contributed by atoms with Crippen molar-refractivity contribution >= 4 is 33.1 Å². The summed E-state index contributed by atoms with van der Waals surface area (Å²) in [5.41, 5.74) is 6.17. The van der Waals surface area contributed by atoms with E-state index < -0.39 is 0 Å². The van der Waals surface area contributed by atoms with E-state index in [1.54, 1.807) is 23.5 Å². The van der Waals surface area contributed by atoms with E-state index in [4.69, 9.17) is 15.7 Å². The summed E-state index contributed by atoms with van der Waals surface area (Å²) >= 11 is 4.98. The van der Waals surface area contributed by atoms with E-state index in [0.29, 0.717) is 17.9 Å². The monoisotopic (exact) mass is 326 g/mol. The summed E-state index contributed by atoms with van der Waals surface area (Å²) in [7, 11) is 0. The molecule has 0 aliphatic rings. The van der Waals surface area contributed by atoms with Crippen LogP contribution in [0.15, 0.2) is 45.3 Å². The molecule has 0 saturated heterocycles. The Bertz CT molecular complexity index is 555. The molecule has 6 heteroatoms. The highest BCUT2D eigenvalue weighted by Gasteiger charge is 2.09. The number of hydrogen-bond acceptors (Lipinski definition) is 4. The van der Waals surface area contributed by atoms with Crippen molar-refractivity contribution in [2.75, 3.05) is 0 Å². The second-order valence-corrected chi connectivity index (χ2v) is 5.44. The third kappa shape index (κ3) is 3.02. The van der Waals surface area contributed by atoms with Crippen molar-refractivity contribution < 1.29 is 9.94 Å². The molecule has 0 atom stereocenters. The average molecular weight is 327 g/mol. The van der Waals surface area contributed by atoms with Gasteiger partial charge in [-0.2, -0.15) is 0 Å². The summed E-state index contributed by atoms with van der Waals surface area (Å²) in [6.07, 6.45) is 0. The van der Waals surface area contributed by atoms with Crippen molar-refractivity contribution in [3.63, 3.8) is 0 Å². The fraction of sp³-hybridized carbons (Fsp3) is 0.0833. The molecule has 4 nitrogen and oxygen atoms in total. The topological polar surface area (TPSA) is 67.8 Å². The van der Waals surface area contributed by atoms with E-state index in [1.807, 2.05) is 23.6 Å². The van der Waals surface area contributed by atoms with Crippen LogP contribution in [-0.2, 0) is 6.61 Å². The number of thiophene rings is 1. The van der Waals surface area contributed by atoms with Crippen LogP contribution in [-0.4, -0.2) is 11.0 Å². The van der Waals surface area contributed by atoms with Gasteiger partial charge in [-0.3, -0.25) is 0 Å². The van der Waals surface area contributed by atoms with E-state index in [9.17, 15) is 0 Å². The molecule has 1 aromatic carbocycles. The Kier molecular flexibility index (Phi) is 4.22. The van der Waals surface area contributed by atoms with Crippen molar-refractivity contribution in [3.8, 4) is 5.75 Å². The van der Waals surface area contributed by atoms with Crippen LogP contribution in [0.4, 0.5) is 0 Å². The minimum atomic E-state index is 0.0312. The Morgan fingerprint density at radius 2 is 2.28 bits per heavy atom. The molecule has 0 saturated carbocycles. The predicted molar refractivity (Wildman–Crippen MR) is 75.3 cm³/mol. The van der Waals surface area contributed by atoms with Gasteiger partial charge in [0.1, 0.15) is 12.4 Å². The number of hydrogen-bond donors (Lipinski definition) is 2. The van der Waals surface area contributed by atoms with E-state index in [-0.39, 0.29) is 5.84 Å². The van der Waals surface area contributed by atoms with Crippen molar-refractivity contribution in [1.29, 1.82) is 0 Å². The third-order valence-corrected chi connectivity index (χ3v) is 3.62. The minimum absolute atomic E-state index is 0.0312. The molecule has 0 bridgehead atoms. The molecule has 3 N–H and O–H groups in total. The fourth-order valence-corrected chi connectivity index (χ4v) is 2.38. The lowest BCUT2D eigenvalue weighted by molar-refractivity contribution is 0.306. The zero-order valence-corrected chi connectivity index (χ0v) is 11.7. The first kappa shape index (κ1) is 12.9. The molecule has 0 spiro atoms. The maximum absolute atomic E-state index is 8.73. The highest BCUT2D eigenvalue weighted by molar-refractivity contribution is 9.10. The van der Waals surface area contributed by atoms with Crippen LogP contribution in [0, 0.1) is 0 Å². The Balaban J connectivity index is 2.22. The maximum Gasteiger partial charge on any atom is 0.173 e. The van der Waals surface area contributed by atoms with Gasteiger partial charge in [-0.05, 0) is 29.6 Å². The van der Waals surface area contributed by atoms with Crippen LogP contribution in [0.2, 0.25) is 0 Å². The quantitative estimate of drug-likeness (QED) is 0.392. The normalized spacial score (nSPS) is 11.5. The molecule has 0 fully saturated rings. The third-order valence-electron chi connectivity index (χ3n) is 2.28. The predicted octanol–water partition coefficient (Wildman–Crippen LogP) is 3.18. The van der Waals surface area contributed by atoms with E-state index in [0.717, 1.165) is 9.35 Å². The second kappa shape index (κ2) is 5.88. The number of ether oxygens (including phenoxy) is 1. The first-order valence-electron chi connectivity index (χ1n) is 5.13.